The molecule has 4 nitrogen and oxygen atoms in total. The van der Waals surface area contributed by atoms with Gasteiger partial charge in [-0.15, -0.1) is 0 Å². The number of hydrogen-bond donors (Lipinski definition) is 0. The molecule has 0 N–H and O–H groups in total. The largest absolute Gasteiger partial charge is 0.408 e. The summed E-state index contributed by atoms with van der Waals surface area (Å²) in [6.45, 7) is 3.07. The van der Waals surface area contributed by atoms with Crippen LogP contribution in [0.5, 0.6) is 0 Å². The van der Waals surface area contributed by atoms with E-state index in [-0.39, 0.29) is 5.78 Å². The van der Waals surface area contributed by atoms with E-state index in [0.29, 0.717) is 22.4 Å². The molecule has 0 bridgehead atoms. The summed E-state index contributed by atoms with van der Waals surface area (Å²) in [5.74, 6) is 0.248. The molecule has 0 aliphatic rings. The molecule has 1 aromatic carbocycles. The molecule has 2 aromatic rings. The van der Waals surface area contributed by atoms with Crippen LogP contribution in [0.1, 0.15) is 23.2 Å². The van der Waals surface area contributed by atoms with Crippen LogP contribution in [0.15, 0.2) is 27.4 Å². The second-order valence-corrected chi connectivity index (χ2v) is 3.31. The molecule has 0 spiro atoms. The molecule has 4 heteroatoms. The van der Waals surface area contributed by atoms with Crippen LogP contribution in [0, 0.1) is 6.92 Å². The minimum atomic E-state index is -0.424. The van der Waals surface area contributed by atoms with Crippen molar-refractivity contribution in [2.45, 2.75) is 13.8 Å². The zero-order chi connectivity index (χ0) is 11.0. The summed E-state index contributed by atoms with van der Waals surface area (Å²) in [5, 5.41) is 0.394. The van der Waals surface area contributed by atoms with E-state index in [9.17, 15) is 9.59 Å². The quantitative estimate of drug-likeness (QED) is 0.662. The van der Waals surface area contributed by atoms with Gasteiger partial charge >= 0.3 is 5.63 Å². The maximum atomic E-state index is 11.4. The average Bonchev–Trinajstić information content (AvgIpc) is 2.16. The van der Waals surface area contributed by atoms with Gasteiger partial charge < -0.3 is 4.42 Å². The van der Waals surface area contributed by atoms with Crippen molar-refractivity contribution >= 4 is 16.7 Å². The summed E-state index contributed by atoms with van der Waals surface area (Å²) in [7, 11) is 0. The van der Waals surface area contributed by atoms with E-state index in [1.165, 1.54) is 6.92 Å². The minimum absolute atomic E-state index is 0.0513. The van der Waals surface area contributed by atoms with Crippen LogP contribution in [0.4, 0.5) is 0 Å². The van der Waals surface area contributed by atoms with Gasteiger partial charge in [-0.3, -0.25) is 4.79 Å². The first-order valence-corrected chi connectivity index (χ1v) is 4.50. The fraction of sp³-hybridized carbons (Fsp3) is 0.182. The monoisotopic (exact) mass is 203 g/mol. The maximum absolute atomic E-state index is 11.4. The first kappa shape index (κ1) is 9.58. The van der Waals surface area contributed by atoms with Crippen molar-refractivity contribution in [1.82, 2.24) is 4.98 Å². The van der Waals surface area contributed by atoms with Crippen LogP contribution in [-0.2, 0) is 0 Å². The third-order valence-electron chi connectivity index (χ3n) is 2.14. The fourth-order valence-corrected chi connectivity index (χ4v) is 1.40. The molecule has 0 fully saturated rings. The van der Waals surface area contributed by atoms with Crippen molar-refractivity contribution in [1.29, 1.82) is 0 Å². The normalized spacial score (nSPS) is 10.5. The second kappa shape index (κ2) is 3.31. The number of aryl methyl sites for hydroxylation is 1. The highest BCUT2D eigenvalue weighted by atomic mass is 16.4. The number of carbonyl (C=O) groups is 1. The van der Waals surface area contributed by atoms with Crippen LogP contribution < -0.4 is 5.63 Å². The lowest BCUT2D eigenvalue weighted by atomic mass is 10.1. The standard InChI is InChI=1S/C11H9NO3/c1-6(13)8-3-4-9-10(5-8)12-7(2)15-11(9)14/h3-5H,1-2H3. The van der Waals surface area contributed by atoms with Gasteiger partial charge in [0.2, 0.25) is 0 Å². The van der Waals surface area contributed by atoms with E-state index in [2.05, 4.69) is 4.98 Å². The van der Waals surface area contributed by atoms with Gasteiger partial charge in [-0.25, -0.2) is 9.78 Å². The first-order chi connectivity index (χ1) is 7.08. The molecular weight excluding hydrogens is 194 g/mol. The fourth-order valence-electron chi connectivity index (χ4n) is 1.40. The van der Waals surface area contributed by atoms with Crippen molar-refractivity contribution in [2.75, 3.05) is 0 Å². The van der Waals surface area contributed by atoms with Gasteiger partial charge in [0.05, 0.1) is 10.9 Å². The highest BCUT2D eigenvalue weighted by molar-refractivity contribution is 5.97. The van der Waals surface area contributed by atoms with Gasteiger partial charge in [-0.1, -0.05) is 6.07 Å². The van der Waals surface area contributed by atoms with Gasteiger partial charge in [-0.05, 0) is 19.1 Å². The van der Waals surface area contributed by atoms with E-state index in [0.717, 1.165) is 0 Å². The molecule has 1 heterocycles. The molecule has 2 rings (SSSR count). The number of carbonyl (C=O) groups excluding carboxylic acids is 1. The summed E-state index contributed by atoms with van der Waals surface area (Å²) in [6, 6.07) is 4.75. The first-order valence-electron chi connectivity index (χ1n) is 4.50. The van der Waals surface area contributed by atoms with Gasteiger partial charge in [0.15, 0.2) is 11.7 Å². The number of Topliss-reactive ketones (excluding diaryl/α,β-unsaturated/α-hetero) is 1. The Hall–Kier alpha value is -1.97. The van der Waals surface area contributed by atoms with Gasteiger partial charge in [0.25, 0.3) is 0 Å². The summed E-state index contributed by atoms with van der Waals surface area (Å²) in [4.78, 5) is 26.6. The summed E-state index contributed by atoms with van der Waals surface area (Å²) < 4.78 is 4.84. The van der Waals surface area contributed by atoms with Crippen molar-refractivity contribution in [3.63, 3.8) is 0 Å². The summed E-state index contributed by atoms with van der Waals surface area (Å²) in [5.41, 5.74) is 0.615. The predicted octanol–water partition coefficient (Wildman–Crippen LogP) is 1.70. The molecule has 0 radical (unpaired) electrons. The maximum Gasteiger partial charge on any atom is 0.346 e. The van der Waals surface area contributed by atoms with E-state index >= 15 is 0 Å². The van der Waals surface area contributed by atoms with E-state index in [1.807, 2.05) is 0 Å². The van der Waals surface area contributed by atoms with E-state index in [1.54, 1.807) is 25.1 Å². The number of fused-ring (bicyclic) bond motifs is 1. The van der Waals surface area contributed by atoms with Crippen molar-refractivity contribution in [3.8, 4) is 0 Å². The molecule has 76 valence electrons. The second-order valence-electron chi connectivity index (χ2n) is 3.31. The Kier molecular flexibility index (Phi) is 2.11. The lowest BCUT2D eigenvalue weighted by molar-refractivity contribution is 0.101. The summed E-state index contributed by atoms with van der Waals surface area (Å²) in [6.07, 6.45) is 0. The number of hydrogen-bond acceptors (Lipinski definition) is 4. The number of ketones is 1. The SMILES string of the molecule is CC(=O)c1ccc2c(=O)oc(C)nc2c1. The molecule has 0 aliphatic carbocycles. The van der Waals surface area contributed by atoms with Crippen molar-refractivity contribution in [2.24, 2.45) is 0 Å². The smallest absolute Gasteiger partial charge is 0.346 e. The molecule has 0 saturated heterocycles. The lowest BCUT2D eigenvalue weighted by Gasteiger charge is -1.99. The molecule has 0 unspecified atom stereocenters. The van der Waals surface area contributed by atoms with Gasteiger partial charge in [0.1, 0.15) is 0 Å². The van der Waals surface area contributed by atoms with Crippen molar-refractivity contribution in [3.05, 3.63) is 40.1 Å². The molecule has 0 aliphatic heterocycles. The van der Waals surface area contributed by atoms with Crippen LogP contribution in [0.25, 0.3) is 10.9 Å². The highest BCUT2D eigenvalue weighted by Crippen LogP contribution is 2.11. The van der Waals surface area contributed by atoms with Crippen LogP contribution >= 0.6 is 0 Å². The van der Waals surface area contributed by atoms with E-state index < -0.39 is 5.63 Å². The molecular formula is C11H9NO3. The van der Waals surface area contributed by atoms with Crippen LogP contribution in [0.2, 0.25) is 0 Å². The summed E-state index contributed by atoms with van der Waals surface area (Å²) >= 11 is 0. The number of rotatable bonds is 1. The predicted molar refractivity (Wildman–Crippen MR) is 55.0 cm³/mol. The number of nitrogens with zero attached hydrogens (tertiary/aromatic N) is 1. The van der Waals surface area contributed by atoms with Gasteiger partial charge in [-0.2, -0.15) is 0 Å². The number of benzene rings is 1. The Balaban J connectivity index is 2.82. The Bertz CT molecular complexity index is 598. The van der Waals surface area contributed by atoms with Crippen LogP contribution in [-0.4, -0.2) is 10.8 Å². The molecule has 0 saturated carbocycles. The van der Waals surface area contributed by atoms with Gasteiger partial charge in [0, 0.05) is 12.5 Å². The lowest BCUT2D eigenvalue weighted by Crippen LogP contribution is -2.04. The third kappa shape index (κ3) is 1.66. The number of aromatic nitrogens is 1. The van der Waals surface area contributed by atoms with Crippen molar-refractivity contribution < 1.29 is 9.21 Å². The Labute approximate surface area is 85.6 Å². The zero-order valence-electron chi connectivity index (χ0n) is 8.40. The average molecular weight is 203 g/mol. The van der Waals surface area contributed by atoms with E-state index in [4.69, 9.17) is 4.42 Å². The van der Waals surface area contributed by atoms with Crippen LogP contribution in [0.3, 0.4) is 0 Å². The topological polar surface area (TPSA) is 60.2 Å². The highest BCUT2D eigenvalue weighted by Gasteiger charge is 2.06. The molecule has 1 aromatic heterocycles. The molecule has 0 amide bonds. The Morgan fingerprint density at radius 3 is 2.80 bits per heavy atom. The Morgan fingerprint density at radius 2 is 2.13 bits per heavy atom. The zero-order valence-corrected chi connectivity index (χ0v) is 8.40. The Morgan fingerprint density at radius 1 is 1.40 bits per heavy atom. The molecule has 0 atom stereocenters. The minimum Gasteiger partial charge on any atom is -0.408 e. The third-order valence-corrected chi connectivity index (χ3v) is 2.14. The molecule has 15 heavy (non-hydrogen) atoms.